The van der Waals surface area contributed by atoms with Crippen molar-refractivity contribution in [2.45, 2.75) is 18.4 Å². The predicted octanol–water partition coefficient (Wildman–Crippen LogP) is 4.22. The van der Waals surface area contributed by atoms with E-state index in [2.05, 4.69) is 17.5 Å². The van der Waals surface area contributed by atoms with Gasteiger partial charge in [0.05, 0.1) is 42.5 Å². The lowest BCUT2D eigenvalue weighted by Gasteiger charge is -2.38. The number of hydrogen-bond acceptors (Lipinski definition) is 6. The summed E-state index contributed by atoms with van der Waals surface area (Å²) in [7, 11) is 2.87. The summed E-state index contributed by atoms with van der Waals surface area (Å²) >= 11 is 0. The molecule has 0 unspecified atom stereocenters. The number of nitrogens with zero attached hydrogens (tertiary/aromatic N) is 1. The van der Waals surface area contributed by atoms with E-state index in [0.29, 0.717) is 11.3 Å². The number of allylic oxidation sites excluding steroid dienone is 2. The molecule has 1 N–H and O–H groups in total. The maximum atomic E-state index is 11.7. The van der Waals surface area contributed by atoms with Gasteiger partial charge >= 0.3 is 5.97 Å². The molecule has 144 valence electrons. The maximum absolute atomic E-state index is 11.7. The normalized spacial score (nSPS) is 22.0. The second kappa shape index (κ2) is 6.99. The molecule has 0 radical (unpaired) electrons. The molecule has 0 fully saturated rings. The van der Waals surface area contributed by atoms with E-state index in [1.807, 2.05) is 12.1 Å². The second-order valence-corrected chi connectivity index (χ2v) is 6.96. The first-order valence-electron chi connectivity index (χ1n) is 9.01. The zero-order valence-corrected chi connectivity index (χ0v) is 15.5. The summed E-state index contributed by atoms with van der Waals surface area (Å²) in [6.45, 7) is 0. The molecule has 0 spiro atoms. The Morgan fingerprint density at radius 1 is 1.21 bits per heavy atom. The third-order valence-electron chi connectivity index (χ3n) is 5.54. The van der Waals surface area contributed by atoms with E-state index in [1.54, 1.807) is 18.2 Å². The third kappa shape index (κ3) is 2.89. The first-order valence-corrected chi connectivity index (χ1v) is 9.01. The van der Waals surface area contributed by atoms with E-state index in [0.717, 1.165) is 23.2 Å². The Balaban J connectivity index is 1.76. The van der Waals surface area contributed by atoms with Gasteiger partial charge in [-0.2, -0.15) is 0 Å². The monoisotopic (exact) mass is 380 g/mol. The van der Waals surface area contributed by atoms with E-state index in [1.165, 1.54) is 20.3 Å². The fourth-order valence-corrected chi connectivity index (χ4v) is 4.19. The van der Waals surface area contributed by atoms with Crippen molar-refractivity contribution in [1.29, 1.82) is 0 Å². The number of hydrogen-bond donors (Lipinski definition) is 1. The largest absolute Gasteiger partial charge is 0.494 e. The second-order valence-electron chi connectivity index (χ2n) is 6.96. The number of ether oxygens (including phenoxy) is 2. The number of rotatable bonds is 4. The lowest BCUT2D eigenvalue weighted by atomic mass is 9.76. The van der Waals surface area contributed by atoms with Crippen molar-refractivity contribution in [3.63, 3.8) is 0 Å². The number of nitro benzene ring substituents is 1. The van der Waals surface area contributed by atoms with Crippen LogP contribution in [0.2, 0.25) is 0 Å². The summed E-state index contributed by atoms with van der Waals surface area (Å²) < 4.78 is 10.2. The number of anilines is 1. The Bertz CT molecular complexity index is 968. The first kappa shape index (κ1) is 18.0. The average Bonchev–Trinajstić information content (AvgIpc) is 3.22. The lowest BCUT2D eigenvalue weighted by molar-refractivity contribution is -0.385. The summed E-state index contributed by atoms with van der Waals surface area (Å²) in [4.78, 5) is 22.6. The van der Waals surface area contributed by atoms with Gasteiger partial charge in [-0.1, -0.05) is 24.3 Å². The smallest absolute Gasteiger partial charge is 0.337 e. The van der Waals surface area contributed by atoms with Gasteiger partial charge in [0.25, 0.3) is 5.69 Å². The van der Waals surface area contributed by atoms with Gasteiger partial charge in [0.2, 0.25) is 0 Å². The van der Waals surface area contributed by atoms with Gasteiger partial charge in [-0.15, -0.1) is 0 Å². The SMILES string of the molecule is COC(=O)c1ccc([C@H]2Nc3c(OC)cc([N+](=O)[O-])cc3[C@@H]3C=CC[C@H]23)cc1. The number of carbonyl (C=O) groups is 1. The summed E-state index contributed by atoms with van der Waals surface area (Å²) in [6, 6.07) is 10.4. The van der Waals surface area contributed by atoms with Gasteiger partial charge in [-0.05, 0) is 35.6 Å². The molecule has 7 nitrogen and oxygen atoms in total. The van der Waals surface area contributed by atoms with Crippen molar-refractivity contribution >= 4 is 17.3 Å². The molecule has 28 heavy (non-hydrogen) atoms. The van der Waals surface area contributed by atoms with Crippen LogP contribution in [0.5, 0.6) is 5.75 Å². The molecular formula is C21H20N2O5. The number of esters is 1. The minimum Gasteiger partial charge on any atom is -0.494 e. The lowest BCUT2D eigenvalue weighted by Crippen LogP contribution is -2.29. The van der Waals surface area contributed by atoms with Gasteiger partial charge in [-0.25, -0.2) is 4.79 Å². The highest BCUT2D eigenvalue weighted by Crippen LogP contribution is 2.53. The summed E-state index contributed by atoms with van der Waals surface area (Å²) in [5, 5.41) is 14.8. The number of nitro groups is 1. The van der Waals surface area contributed by atoms with Crippen LogP contribution in [-0.4, -0.2) is 25.1 Å². The Morgan fingerprint density at radius 2 is 1.96 bits per heavy atom. The number of non-ortho nitro benzene ring substituents is 1. The Kier molecular flexibility index (Phi) is 4.50. The minimum absolute atomic E-state index is 0.00504. The molecule has 4 rings (SSSR count). The highest BCUT2D eigenvalue weighted by atomic mass is 16.6. The highest BCUT2D eigenvalue weighted by molar-refractivity contribution is 5.89. The molecule has 2 aliphatic rings. The highest BCUT2D eigenvalue weighted by Gasteiger charge is 2.40. The van der Waals surface area contributed by atoms with E-state index in [4.69, 9.17) is 9.47 Å². The van der Waals surface area contributed by atoms with Gasteiger partial charge in [0.15, 0.2) is 0 Å². The van der Waals surface area contributed by atoms with Crippen LogP contribution >= 0.6 is 0 Å². The third-order valence-corrected chi connectivity index (χ3v) is 5.54. The quantitative estimate of drug-likeness (QED) is 0.370. The van der Waals surface area contributed by atoms with Crippen LogP contribution in [-0.2, 0) is 4.74 Å². The van der Waals surface area contributed by atoms with Crippen molar-refractivity contribution in [2.24, 2.45) is 5.92 Å². The number of nitrogens with one attached hydrogen (secondary N) is 1. The van der Waals surface area contributed by atoms with Gasteiger partial charge in [-0.3, -0.25) is 10.1 Å². The fourth-order valence-electron chi connectivity index (χ4n) is 4.19. The van der Waals surface area contributed by atoms with Gasteiger partial charge in [0, 0.05) is 12.0 Å². The molecule has 0 saturated carbocycles. The number of fused-ring (bicyclic) bond motifs is 3. The van der Waals surface area contributed by atoms with Crippen LogP contribution in [0.4, 0.5) is 11.4 Å². The van der Waals surface area contributed by atoms with E-state index < -0.39 is 4.92 Å². The molecule has 1 aliphatic carbocycles. The molecule has 2 aromatic rings. The van der Waals surface area contributed by atoms with Gasteiger partial charge < -0.3 is 14.8 Å². The van der Waals surface area contributed by atoms with Crippen molar-refractivity contribution in [3.8, 4) is 5.75 Å². The fraction of sp³-hybridized carbons (Fsp3) is 0.286. The zero-order chi connectivity index (χ0) is 19.8. The zero-order valence-electron chi connectivity index (χ0n) is 15.5. The molecule has 2 aromatic carbocycles. The first-order chi connectivity index (χ1) is 13.5. The average molecular weight is 380 g/mol. The molecule has 1 aliphatic heterocycles. The molecule has 0 amide bonds. The minimum atomic E-state index is -0.395. The van der Waals surface area contributed by atoms with Crippen LogP contribution in [0.3, 0.4) is 0 Å². The predicted molar refractivity (Wildman–Crippen MR) is 104 cm³/mol. The molecule has 3 atom stereocenters. The van der Waals surface area contributed by atoms with Gasteiger partial charge in [0.1, 0.15) is 5.75 Å². The number of carbonyl (C=O) groups excluding carboxylic acids is 1. The molecule has 0 saturated heterocycles. The van der Waals surface area contributed by atoms with Crippen LogP contribution in [0.25, 0.3) is 0 Å². The molecule has 0 aromatic heterocycles. The van der Waals surface area contributed by atoms with E-state index in [9.17, 15) is 14.9 Å². The molecule has 1 heterocycles. The van der Waals surface area contributed by atoms with E-state index >= 15 is 0 Å². The summed E-state index contributed by atoms with van der Waals surface area (Å²) in [6.07, 6.45) is 5.10. The Labute approximate surface area is 162 Å². The Morgan fingerprint density at radius 3 is 2.61 bits per heavy atom. The Hall–Kier alpha value is -3.35. The van der Waals surface area contributed by atoms with Crippen LogP contribution in [0.1, 0.15) is 39.9 Å². The van der Waals surface area contributed by atoms with Crippen molar-refractivity contribution in [2.75, 3.05) is 19.5 Å². The van der Waals surface area contributed by atoms with Crippen molar-refractivity contribution in [1.82, 2.24) is 0 Å². The standard InChI is InChI=1S/C21H20N2O5/c1-27-18-11-14(23(25)26)10-17-15-4-3-5-16(15)19(22-20(17)18)12-6-8-13(9-7-12)21(24)28-2/h3-4,6-11,15-16,19,22H,5H2,1-2H3/t15-,16+,19-/m1/s1. The molecule has 0 bridgehead atoms. The van der Waals surface area contributed by atoms with Crippen LogP contribution in [0.15, 0.2) is 48.6 Å². The van der Waals surface area contributed by atoms with E-state index in [-0.39, 0.29) is 29.5 Å². The number of methoxy groups -OCH3 is 2. The van der Waals surface area contributed by atoms with Crippen molar-refractivity contribution < 1.29 is 19.2 Å². The van der Waals surface area contributed by atoms with Crippen LogP contribution < -0.4 is 10.1 Å². The molecular weight excluding hydrogens is 360 g/mol. The maximum Gasteiger partial charge on any atom is 0.337 e. The summed E-state index contributed by atoms with van der Waals surface area (Å²) in [5.41, 5.74) is 3.22. The topological polar surface area (TPSA) is 90.7 Å². The number of benzene rings is 2. The molecule has 7 heteroatoms. The van der Waals surface area contributed by atoms with Crippen LogP contribution in [0, 0.1) is 16.0 Å². The van der Waals surface area contributed by atoms with Crippen molar-refractivity contribution in [3.05, 3.63) is 75.4 Å². The summed E-state index contributed by atoms with van der Waals surface area (Å²) in [5.74, 6) is 0.375.